The highest BCUT2D eigenvalue weighted by atomic mass is 35.5. The van der Waals surface area contributed by atoms with Crippen molar-refractivity contribution in [2.45, 2.75) is 66.9 Å². The molecular formula is C17H19ClO3S. The molecule has 0 N–H and O–H groups in total. The Labute approximate surface area is 136 Å². The molecule has 0 atom stereocenters. The maximum absolute atomic E-state index is 13.0. The Morgan fingerprint density at radius 1 is 1.00 bits per heavy atom. The molecule has 0 unspecified atom stereocenters. The van der Waals surface area contributed by atoms with Crippen molar-refractivity contribution in [1.29, 1.82) is 0 Å². The first-order valence-electron chi connectivity index (χ1n) is 8.10. The first kappa shape index (κ1) is 14.7. The Kier molecular flexibility index (Phi) is 3.39. The number of carbonyl (C=O) groups excluding carboxylic acids is 1. The monoisotopic (exact) mass is 338 g/mol. The third kappa shape index (κ3) is 2.31. The van der Waals surface area contributed by atoms with E-state index in [1.54, 1.807) is 6.07 Å². The van der Waals surface area contributed by atoms with Crippen molar-refractivity contribution in [3.8, 4) is 0 Å². The Morgan fingerprint density at radius 3 is 2.14 bits per heavy atom. The van der Waals surface area contributed by atoms with Crippen molar-refractivity contribution in [3.05, 3.63) is 28.8 Å². The van der Waals surface area contributed by atoms with E-state index in [4.69, 9.17) is 11.6 Å². The summed E-state index contributed by atoms with van der Waals surface area (Å²) >= 11 is 5.74. The summed E-state index contributed by atoms with van der Waals surface area (Å²) in [7, 11) is -3.32. The van der Waals surface area contributed by atoms with E-state index in [-0.39, 0.29) is 11.2 Å². The van der Waals surface area contributed by atoms with Gasteiger partial charge in [0.15, 0.2) is 9.84 Å². The fourth-order valence-electron chi connectivity index (χ4n) is 3.47. The highest BCUT2D eigenvalue weighted by molar-refractivity contribution is 7.92. The predicted octanol–water partition coefficient (Wildman–Crippen LogP) is 4.15. The van der Waals surface area contributed by atoms with Crippen LogP contribution in [0.5, 0.6) is 0 Å². The van der Waals surface area contributed by atoms with Gasteiger partial charge in [0, 0.05) is 5.56 Å². The number of hydrogen-bond acceptors (Lipinski definition) is 3. The van der Waals surface area contributed by atoms with E-state index in [0.717, 1.165) is 56.1 Å². The second-order valence-corrected chi connectivity index (χ2v) is 9.37. The average molecular weight is 339 g/mol. The number of rotatable bonds is 5. The number of carbonyl (C=O) groups is 1. The minimum Gasteiger partial charge on any atom is -0.276 e. The molecule has 5 heteroatoms. The largest absolute Gasteiger partial charge is 0.276 e. The number of hydrogen-bond donors (Lipinski definition) is 0. The van der Waals surface area contributed by atoms with Crippen LogP contribution in [0.15, 0.2) is 17.0 Å². The molecule has 1 aromatic rings. The molecule has 0 spiro atoms. The van der Waals surface area contributed by atoms with Crippen molar-refractivity contribution < 1.29 is 13.2 Å². The molecule has 118 valence electrons. The second-order valence-electron chi connectivity index (χ2n) is 6.87. The normalized spacial score (nSPS) is 22.4. The summed E-state index contributed by atoms with van der Waals surface area (Å²) in [5.74, 6) is 0.529. The van der Waals surface area contributed by atoms with Crippen LogP contribution < -0.4 is 0 Å². The van der Waals surface area contributed by atoms with E-state index in [1.165, 1.54) is 0 Å². The highest BCUT2D eigenvalue weighted by Crippen LogP contribution is 2.51. The Morgan fingerprint density at radius 2 is 1.68 bits per heavy atom. The zero-order valence-corrected chi connectivity index (χ0v) is 13.9. The van der Waals surface area contributed by atoms with Crippen molar-refractivity contribution in [1.82, 2.24) is 0 Å². The van der Waals surface area contributed by atoms with Gasteiger partial charge in [-0.2, -0.15) is 0 Å². The topological polar surface area (TPSA) is 51.2 Å². The van der Waals surface area contributed by atoms with E-state index in [9.17, 15) is 13.2 Å². The van der Waals surface area contributed by atoms with Crippen molar-refractivity contribution in [2.75, 3.05) is 0 Å². The predicted molar refractivity (Wildman–Crippen MR) is 85.4 cm³/mol. The van der Waals surface area contributed by atoms with Crippen LogP contribution in [0.1, 0.15) is 78.3 Å². The molecule has 3 aliphatic carbocycles. The van der Waals surface area contributed by atoms with Gasteiger partial charge >= 0.3 is 0 Å². The van der Waals surface area contributed by atoms with Gasteiger partial charge in [-0.05, 0) is 79.2 Å². The molecule has 0 saturated heterocycles. The summed E-state index contributed by atoms with van der Waals surface area (Å²) in [6, 6.07) is 3.60. The van der Waals surface area contributed by atoms with Crippen LogP contribution in [0.3, 0.4) is 0 Å². The summed E-state index contributed by atoms with van der Waals surface area (Å²) in [4.78, 5) is 12.3. The zero-order chi connectivity index (χ0) is 15.5. The Balaban J connectivity index is 1.97. The lowest BCUT2D eigenvalue weighted by atomic mass is 9.79. The maximum Gasteiger partial charge on any atom is 0.252 e. The molecule has 1 aromatic carbocycles. The van der Waals surface area contributed by atoms with Crippen molar-refractivity contribution in [3.63, 3.8) is 0 Å². The fourth-order valence-corrected chi connectivity index (χ4v) is 5.87. The first-order chi connectivity index (χ1) is 10.5. The van der Waals surface area contributed by atoms with Gasteiger partial charge in [-0.15, -0.1) is 0 Å². The summed E-state index contributed by atoms with van der Waals surface area (Å²) in [6.07, 6.45) is 6.65. The Bertz CT molecular complexity index is 741. The average Bonchev–Trinajstić information content (AvgIpc) is 3.26. The van der Waals surface area contributed by atoms with Crippen LogP contribution in [0.4, 0.5) is 0 Å². The molecule has 22 heavy (non-hydrogen) atoms. The van der Waals surface area contributed by atoms with Crippen LogP contribution in [0.25, 0.3) is 0 Å². The van der Waals surface area contributed by atoms with Crippen molar-refractivity contribution in [2.24, 2.45) is 0 Å². The van der Waals surface area contributed by atoms with Gasteiger partial charge in [0.25, 0.3) is 5.24 Å². The van der Waals surface area contributed by atoms with Gasteiger partial charge in [0.1, 0.15) is 0 Å². The smallest absolute Gasteiger partial charge is 0.252 e. The zero-order valence-electron chi connectivity index (χ0n) is 12.3. The molecule has 0 aromatic heterocycles. The standard InChI is InChI=1S/C17H19ClO3S/c18-17(19)14-9-8-13(10-2-1-3-10)16(15(14)11-4-5-11)22(20,21)12-6-7-12/h8-12H,1-7H2. The van der Waals surface area contributed by atoms with Gasteiger partial charge in [-0.25, -0.2) is 8.42 Å². The fraction of sp³-hybridized carbons (Fsp3) is 0.588. The molecule has 3 aliphatic rings. The van der Waals surface area contributed by atoms with E-state index >= 15 is 0 Å². The summed E-state index contributed by atoms with van der Waals surface area (Å²) in [5, 5.41) is -0.779. The molecule has 0 heterocycles. The lowest BCUT2D eigenvalue weighted by Crippen LogP contribution is -2.19. The van der Waals surface area contributed by atoms with E-state index in [0.29, 0.717) is 16.4 Å². The number of sulfone groups is 1. The lowest BCUT2D eigenvalue weighted by molar-refractivity contribution is 0.108. The number of halogens is 1. The molecule has 0 radical (unpaired) electrons. The quantitative estimate of drug-likeness (QED) is 0.758. The van der Waals surface area contributed by atoms with Crippen LogP contribution in [-0.4, -0.2) is 18.9 Å². The van der Waals surface area contributed by atoms with Gasteiger partial charge in [-0.3, -0.25) is 4.79 Å². The molecule has 0 aliphatic heterocycles. The van der Waals surface area contributed by atoms with Gasteiger partial charge in [-0.1, -0.05) is 12.5 Å². The first-order valence-corrected chi connectivity index (χ1v) is 10.0. The summed E-state index contributed by atoms with van der Waals surface area (Å²) in [5.41, 5.74) is 2.09. The van der Waals surface area contributed by atoms with Gasteiger partial charge < -0.3 is 0 Å². The highest BCUT2D eigenvalue weighted by Gasteiger charge is 2.44. The summed E-state index contributed by atoms with van der Waals surface area (Å²) < 4.78 is 26.1. The molecular weight excluding hydrogens is 320 g/mol. The Hall–Kier alpha value is -0.870. The molecule has 0 amide bonds. The van der Waals surface area contributed by atoms with Crippen LogP contribution >= 0.6 is 11.6 Å². The minimum absolute atomic E-state index is 0.196. The second kappa shape index (κ2) is 5.07. The third-order valence-corrected chi connectivity index (χ3v) is 7.79. The van der Waals surface area contributed by atoms with E-state index in [1.807, 2.05) is 6.07 Å². The molecule has 3 saturated carbocycles. The lowest BCUT2D eigenvalue weighted by Gasteiger charge is -2.29. The third-order valence-electron chi connectivity index (χ3n) is 5.22. The van der Waals surface area contributed by atoms with Gasteiger partial charge in [0.2, 0.25) is 0 Å². The van der Waals surface area contributed by atoms with E-state index < -0.39 is 15.1 Å². The summed E-state index contributed by atoms with van der Waals surface area (Å²) in [6.45, 7) is 0. The van der Waals surface area contributed by atoms with Gasteiger partial charge in [0.05, 0.1) is 10.1 Å². The number of benzene rings is 1. The maximum atomic E-state index is 13.0. The van der Waals surface area contributed by atoms with Crippen LogP contribution in [0, 0.1) is 0 Å². The van der Waals surface area contributed by atoms with E-state index in [2.05, 4.69) is 0 Å². The van der Waals surface area contributed by atoms with Crippen LogP contribution in [0.2, 0.25) is 0 Å². The van der Waals surface area contributed by atoms with Crippen molar-refractivity contribution >= 4 is 26.7 Å². The molecule has 4 rings (SSSR count). The van der Waals surface area contributed by atoms with Crippen LogP contribution in [-0.2, 0) is 9.84 Å². The minimum atomic E-state index is -3.32. The molecule has 3 nitrogen and oxygen atoms in total. The SMILES string of the molecule is O=C(Cl)c1ccc(C2CCC2)c(S(=O)(=O)C2CC2)c1C1CC1. The molecule has 3 fully saturated rings. The molecule has 0 bridgehead atoms.